The number of nitrogens with zero attached hydrogens (tertiary/aromatic N) is 4. The van der Waals surface area contributed by atoms with Crippen molar-refractivity contribution in [3.05, 3.63) is 9.81 Å². The summed E-state index contributed by atoms with van der Waals surface area (Å²) in [4.78, 5) is 16.2. The van der Waals surface area contributed by atoms with Gasteiger partial charge in [0.15, 0.2) is 10.7 Å². The molecule has 0 spiro atoms. The SMILES string of the molecule is CC(C)CC(C)(C)N=NC(C)(C)CC(C)C.O=NO.O=NO. The van der Waals surface area contributed by atoms with Crippen molar-refractivity contribution in [1.29, 1.82) is 0 Å². The Hall–Kier alpha value is -1.60. The highest BCUT2D eigenvalue weighted by Crippen LogP contribution is 2.25. The van der Waals surface area contributed by atoms with Crippen molar-refractivity contribution in [3.8, 4) is 0 Å². The first-order valence-electron chi connectivity index (χ1n) is 7.25. The van der Waals surface area contributed by atoms with Crippen LogP contribution in [0.5, 0.6) is 0 Å². The Morgan fingerprint density at radius 3 is 1.05 bits per heavy atom. The molecule has 8 nitrogen and oxygen atoms in total. The lowest BCUT2D eigenvalue weighted by Crippen LogP contribution is -2.23. The minimum absolute atomic E-state index is 0.0254. The maximum absolute atomic E-state index is 8.11. The van der Waals surface area contributed by atoms with Gasteiger partial charge in [0, 0.05) is 0 Å². The van der Waals surface area contributed by atoms with Crippen LogP contribution in [0.1, 0.15) is 68.2 Å². The molecule has 2 N–H and O–H groups in total. The van der Waals surface area contributed by atoms with E-state index in [9.17, 15) is 0 Å². The Kier molecular flexibility index (Phi) is 15.1. The molecule has 0 rings (SSSR count). The lowest BCUT2D eigenvalue weighted by atomic mass is 9.93. The summed E-state index contributed by atoms with van der Waals surface area (Å²) in [5.74, 6) is 1.34. The first-order chi connectivity index (χ1) is 9.87. The highest BCUT2D eigenvalue weighted by molar-refractivity contribution is 4.82. The smallest absolute Gasteiger partial charge is 0.152 e. The van der Waals surface area contributed by atoms with Gasteiger partial charge in [-0.25, -0.2) is 0 Å². The second kappa shape index (κ2) is 13.1. The topological polar surface area (TPSA) is 124 Å². The maximum atomic E-state index is 8.11. The van der Waals surface area contributed by atoms with E-state index in [0.717, 1.165) is 12.8 Å². The lowest BCUT2D eigenvalue weighted by Gasteiger charge is -2.25. The molecule has 0 aliphatic carbocycles. The van der Waals surface area contributed by atoms with E-state index in [4.69, 9.17) is 20.2 Å². The van der Waals surface area contributed by atoms with E-state index < -0.39 is 0 Å². The van der Waals surface area contributed by atoms with Crippen LogP contribution in [-0.2, 0) is 0 Å². The number of hydrogen-bond acceptors (Lipinski definition) is 6. The molecule has 0 saturated heterocycles. The predicted molar refractivity (Wildman–Crippen MR) is 87.1 cm³/mol. The van der Waals surface area contributed by atoms with Crippen molar-refractivity contribution < 1.29 is 10.4 Å². The van der Waals surface area contributed by atoms with E-state index in [1.807, 2.05) is 0 Å². The zero-order chi connectivity index (χ0) is 18.4. The summed E-state index contributed by atoms with van der Waals surface area (Å²) >= 11 is 0. The summed E-state index contributed by atoms with van der Waals surface area (Å²) < 4.78 is 0. The van der Waals surface area contributed by atoms with Gasteiger partial charge in [-0.2, -0.15) is 10.2 Å². The van der Waals surface area contributed by atoms with Crippen LogP contribution in [0.2, 0.25) is 0 Å². The quantitative estimate of drug-likeness (QED) is 0.387. The molecule has 0 heterocycles. The fourth-order valence-electron chi connectivity index (χ4n) is 2.35. The van der Waals surface area contributed by atoms with Gasteiger partial charge in [0.25, 0.3) is 0 Å². The van der Waals surface area contributed by atoms with Gasteiger partial charge in [0.1, 0.15) is 0 Å². The summed E-state index contributed by atoms with van der Waals surface area (Å²) in [6.45, 7) is 17.6. The van der Waals surface area contributed by atoms with Crippen LogP contribution in [0.15, 0.2) is 20.9 Å². The Morgan fingerprint density at radius 1 is 0.727 bits per heavy atom. The molecule has 0 aromatic carbocycles. The number of azo groups is 1. The molecule has 0 amide bonds. The third kappa shape index (κ3) is 23.5. The van der Waals surface area contributed by atoms with Crippen molar-refractivity contribution >= 4 is 0 Å². The highest BCUT2D eigenvalue weighted by atomic mass is 16.6. The molecule has 0 aromatic heterocycles. The molecule has 0 aromatic rings. The Labute approximate surface area is 133 Å². The van der Waals surface area contributed by atoms with E-state index in [1.54, 1.807) is 0 Å². The third-order valence-electron chi connectivity index (χ3n) is 2.41. The molecule has 132 valence electrons. The number of hydrogen-bond donors (Lipinski definition) is 2. The second-order valence-electron chi connectivity index (χ2n) is 7.18. The van der Waals surface area contributed by atoms with Crippen LogP contribution in [-0.4, -0.2) is 21.5 Å². The fraction of sp³-hybridized carbons (Fsp3) is 1.00. The molecule has 22 heavy (non-hydrogen) atoms. The molecule has 0 saturated carbocycles. The van der Waals surface area contributed by atoms with Crippen LogP contribution >= 0.6 is 0 Å². The lowest BCUT2D eigenvalue weighted by molar-refractivity contribution is 0.312. The summed E-state index contributed by atoms with van der Waals surface area (Å²) in [5.41, 5.74) is -0.0508. The van der Waals surface area contributed by atoms with Crippen LogP contribution in [0.3, 0.4) is 0 Å². The van der Waals surface area contributed by atoms with E-state index in [2.05, 4.69) is 65.6 Å². The van der Waals surface area contributed by atoms with Crippen LogP contribution in [0.25, 0.3) is 0 Å². The van der Waals surface area contributed by atoms with Crippen LogP contribution < -0.4 is 0 Å². The van der Waals surface area contributed by atoms with Gasteiger partial charge < -0.3 is 10.4 Å². The van der Waals surface area contributed by atoms with Crippen molar-refractivity contribution in [1.82, 2.24) is 0 Å². The van der Waals surface area contributed by atoms with Gasteiger partial charge in [-0.05, 0) is 52.4 Å². The van der Waals surface area contributed by atoms with Gasteiger partial charge in [-0.15, -0.1) is 9.81 Å². The van der Waals surface area contributed by atoms with Crippen LogP contribution in [0, 0.1) is 21.6 Å². The Morgan fingerprint density at radius 2 is 0.909 bits per heavy atom. The first-order valence-corrected chi connectivity index (χ1v) is 7.25. The van der Waals surface area contributed by atoms with Gasteiger partial charge in [-0.3, -0.25) is 0 Å². The van der Waals surface area contributed by atoms with Gasteiger partial charge in [-0.1, -0.05) is 27.7 Å². The molecule has 0 radical (unpaired) electrons. The largest absolute Gasteiger partial charge is 0.379 e. The normalized spacial score (nSPS) is 11.5. The van der Waals surface area contributed by atoms with E-state index in [0.29, 0.717) is 11.8 Å². The number of rotatable bonds is 6. The van der Waals surface area contributed by atoms with Crippen molar-refractivity contribution in [3.63, 3.8) is 0 Å². The average molecular weight is 320 g/mol. The molecule has 8 heteroatoms. The summed E-state index contributed by atoms with van der Waals surface area (Å²) in [5, 5.41) is 24.9. The fourth-order valence-corrected chi connectivity index (χ4v) is 2.35. The molecule has 0 atom stereocenters. The summed E-state index contributed by atoms with van der Waals surface area (Å²) in [6.07, 6.45) is 2.18. The maximum Gasteiger partial charge on any atom is 0.152 e. The van der Waals surface area contributed by atoms with Crippen molar-refractivity contribution in [2.75, 3.05) is 0 Å². The molecule has 0 bridgehead atoms. The zero-order valence-electron chi connectivity index (χ0n) is 15.1. The Bertz CT molecular complexity index is 286. The minimum atomic E-state index is -0.0254. The van der Waals surface area contributed by atoms with Crippen molar-refractivity contribution in [2.45, 2.75) is 79.3 Å². The highest BCUT2D eigenvalue weighted by Gasteiger charge is 2.22. The Balaban J connectivity index is -0.000000515. The monoisotopic (exact) mass is 320 g/mol. The van der Waals surface area contributed by atoms with E-state index >= 15 is 0 Å². The minimum Gasteiger partial charge on any atom is -0.379 e. The third-order valence-corrected chi connectivity index (χ3v) is 2.41. The standard InChI is InChI=1S/C14H30N2.2HNO2/c1-11(2)9-13(5,6)15-16-14(7,8)10-12(3)4;2*2-1-3/h11-12H,9-10H2,1-8H3;2*(H,2,3). The molecule has 0 aliphatic heterocycles. The summed E-state index contributed by atoms with van der Waals surface area (Å²) in [6, 6.07) is 0. The van der Waals surface area contributed by atoms with Crippen molar-refractivity contribution in [2.24, 2.45) is 32.7 Å². The first kappa shape index (κ1) is 25.4. The molecule has 0 fully saturated rings. The predicted octanol–water partition coefficient (Wildman–Crippen LogP) is 5.37. The van der Waals surface area contributed by atoms with Gasteiger partial charge in [0.05, 0.1) is 11.1 Å². The van der Waals surface area contributed by atoms with Gasteiger partial charge in [0.2, 0.25) is 0 Å². The molecule has 0 unspecified atom stereocenters. The molecular weight excluding hydrogens is 288 g/mol. The van der Waals surface area contributed by atoms with Crippen LogP contribution in [0.4, 0.5) is 0 Å². The molecule has 0 aliphatic rings. The second-order valence-corrected chi connectivity index (χ2v) is 7.18. The van der Waals surface area contributed by atoms with E-state index in [1.165, 1.54) is 10.7 Å². The van der Waals surface area contributed by atoms with E-state index in [-0.39, 0.29) is 11.1 Å². The average Bonchev–Trinajstić information content (AvgIpc) is 2.25. The zero-order valence-corrected chi connectivity index (χ0v) is 15.1. The molecular formula is C14H32N4O4. The summed E-state index contributed by atoms with van der Waals surface area (Å²) in [7, 11) is 0. The van der Waals surface area contributed by atoms with Gasteiger partial charge >= 0.3 is 0 Å².